The summed E-state index contributed by atoms with van der Waals surface area (Å²) >= 11 is 0. The first kappa shape index (κ1) is 9.98. The third-order valence-corrected chi connectivity index (χ3v) is 1.15. The van der Waals surface area contributed by atoms with Gasteiger partial charge in [0, 0.05) is 0 Å². The summed E-state index contributed by atoms with van der Waals surface area (Å²) in [4.78, 5) is 0. The molecule has 0 unspecified atom stereocenters. The summed E-state index contributed by atoms with van der Waals surface area (Å²) in [6.45, 7) is -0.354. The first-order valence-electron chi connectivity index (χ1n) is 2.69. The molecule has 0 aliphatic carbocycles. The zero-order valence-corrected chi connectivity index (χ0v) is 7.87. The van der Waals surface area contributed by atoms with Crippen molar-refractivity contribution in [1.29, 1.82) is 0 Å². The molecule has 0 aliphatic heterocycles. The van der Waals surface area contributed by atoms with Crippen molar-refractivity contribution in [2.45, 2.75) is 6.61 Å². The van der Waals surface area contributed by atoms with Crippen LogP contribution in [0.15, 0.2) is 24.3 Å². The molecular weight excluding hydrogens is 139 g/mol. The smallest absolute Gasteiger partial charge is 0.851 e. The maximum atomic E-state index is 10.2. The van der Waals surface area contributed by atoms with Crippen molar-refractivity contribution in [2.75, 3.05) is 0 Å². The van der Waals surface area contributed by atoms with Gasteiger partial charge in [-0.25, -0.2) is 0 Å². The maximum Gasteiger partial charge on any atom is 1.00 e. The molecule has 0 spiro atoms. The molecule has 0 amide bonds. The van der Waals surface area contributed by atoms with Crippen molar-refractivity contribution in [2.24, 2.45) is 0 Å². The van der Waals surface area contributed by atoms with Crippen LogP contribution in [0.4, 0.5) is 0 Å². The molecule has 2 nitrogen and oxygen atoms in total. The Balaban J connectivity index is 0.000000810. The molecule has 48 valence electrons. The summed E-state index contributed by atoms with van der Waals surface area (Å²) in [7, 11) is 0. The molecular formula is C7H7NaO2. The van der Waals surface area contributed by atoms with Crippen molar-refractivity contribution in [1.82, 2.24) is 0 Å². The van der Waals surface area contributed by atoms with E-state index in [-0.39, 0.29) is 41.9 Å². The fraction of sp³-hybridized carbons (Fsp3) is 0.143. The topological polar surface area (TPSA) is 43.3 Å². The van der Waals surface area contributed by atoms with Crippen LogP contribution in [0.2, 0.25) is 0 Å². The van der Waals surface area contributed by atoms with Gasteiger partial charge in [0.25, 0.3) is 0 Å². The average molecular weight is 146 g/mol. The monoisotopic (exact) mass is 146 g/mol. The number of rotatable bonds is 1. The van der Waals surface area contributed by atoms with Gasteiger partial charge < -0.3 is 10.2 Å². The van der Waals surface area contributed by atoms with Gasteiger partial charge >= 0.3 is 29.6 Å². The Bertz CT molecular complexity index is 201. The van der Waals surface area contributed by atoms with Gasteiger partial charge in [-0.1, -0.05) is 18.2 Å². The van der Waals surface area contributed by atoms with Crippen molar-refractivity contribution in [3.8, 4) is 5.75 Å². The quantitative estimate of drug-likeness (QED) is 0.437. The first-order valence-corrected chi connectivity index (χ1v) is 2.69. The number of benzene rings is 1. The number of aromatic hydroxyl groups is 1. The maximum absolute atomic E-state index is 10.2. The van der Waals surface area contributed by atoms with E-state index >= 15 is 0 Å². The summed E-state index contributed by atoms with van der Waals surface area (Å²) in [5, 5.41) is 19.1. The number of phenols is 1. The Morgan fingerprint density at radius 2 is 1.90 bits per heavy atom. The van der Waals surface area contributed by atoms with Crippen LogP contribution in [0.3, 0.4) is 0 Å². The zero-order chi connectivity index (χ0) is 6.69. The molecule has 0 bridgehead atoms. The Morgan fingerprint density at radius 3 is 2.30 bits per heavy atom. The second-order valence-electron chi connectivity index (χ2n) is 1.77. The molecule has 1 aromatic rings. The molecule has 0 radical (unpaired) electrons. The predicted octanol–water partition coefficient (Wildman–Crippen LogP) is -2.74. The van der Waals surface area contributed by atoms with Crippen molar-refractivity contribution in [3.63, 3.8) is 0 Å². The van der Waals surface area contributed by atoms with Crippen molar-refractivity contribution >= 4 is 0 Å². The summed E-state index contributed by atoms with van der Waals surface area (Å²) in [5.41, 5.74) is 0.456. The second-order valence-corrected chi connectivity index (χ2v) is 1.77. The number of hydrogen-bond acceptors (Lipinski definition) is 2. The van der Waals surface area contributed by atoms with E-state index in [4.69, 9.17) is 5.11 Å². The molecule has 0 aliphatic rings. The Kier molecular flexibility index (Phi) is 4.73. The molecule has 0 saturated carbocycles. The normalized spacial score (nSPS) is 8.50. The van der Waals surface area contributed by atoms with Gasteiger partial charge in [0.1, 0.15) is 5.75 Å². The van der Waals surface area contributed by atoms with E-state index in [2.05, 4.69) is 0 Å². The van der Waals surface area contributed by atoms with Gasteiger partial charge in [-0.05, 0) is 11.6 Å². The molecule has 0 saturated heterocycles. The third kappa shape index (κ3) is 2.31. The molecule has 1 rings (SSSR count). The molecule has 0 atom stereocenters. The molecule has 0 heterocycles. The minimum atomic E-state index is -0.354. The fourth-order valence-corrected chi connectivity index (χ4v) is 0.633. The van der Waals surface area contributed by atoms with Crippen LogP contribution in [-0.2, 0) is 6.61 Å². The molecule has 10 heavy (non-hydrogen) atoms. The van der Waals surface area contributed by atoms with Crippen LogP contribution in [-0.4, -0.2) is 5.11 Å². The van der Waals surface area contributed by atoms with Gasteiger partial charge in [-0.2, -0.15) is 0 Å². The van der Waals surface area contributed by atoms with Crippen LogP contribution in [0.5, 0.6) is 5.75 Å². The SMILES string of the molecule is [Na+].[O-]Cc1ccccc1O. The van der Waals surface area contributed by atoms with E-state index in [1.165, 1.54) is 6.07 Å². The largest absolute Gasteiger partial charge is 1.00 e. The molecule has 3 heteroatoms. The van der Waals surface area contributed by atoms with Crippen LogP contribution < -0.4 is 34.7 Å². The minimum absolute atomic E-state index is 0. The molecule has 1 N–H and O–H groups in total. The van der Waals surface area contributed by atoms with E-state index in [1.54, 1.807) is 18.2 Å². The average Bonchev–Trinajstić information content (AvgIpc) is 1.89. The van der Waals surface area contributed by atoms with Crippen molar-refractivity contribution in [3.05, 3.63) is 29.8 Å². The van der Waals surface area contributed by atoms with Crippen LogP contribution >= 0.6 is 0 Å². The van der Waals surface area contributed by atoms with Gasteiger partial charge in [0.15, 0.2) is 0 Å². The molecule has 0 fully saturated rings. The Morgan fingerprint density at radius 1 is 1.30 bits per heavy atom. The fourth-order valence-electron chi connectivity index (χ4n) is 0.633. The minimum Gasteiger partial charge on any atom is -0.851 e. The van der Waals surface area contributed by atoms with Crippen LogP contribution in [0.1, 0.15) is 5.56 Å². The Hall–Kier alpha value is -0.0200. The Labute approximate surface area is 81.8 Å². The van der Waals surface area contributed by atoms with E-state index < -0.39 is 0 Å². The summed E-state index contributed by atoms with van der Waals surface area (Å²) in [5.74, 6) is 0.0903. The van der Waals surface area contributed by atoms with Gasteiger partial charge in [-0.3, -0.25) is 0 Å². The van der Waals surface area contributed by atoms with Gasteiger partial charge in [0.05, 0.1) is 0 Å². The number of phenolic OH excluding ortho intramolecular Hbond substituents is 1. The third-order valence-electron chi connectivity index (χ3n) is 1.15. The van der Waals surface area contributed by atoms with Crippen LogP contribution in [0, 0.1) is 0 Å². The number of para-hydroxylation sites is 1. The van der Waals surface area contributed by atoms with E-state index in [0.29, 0.717) is 5.56 Å². The number of hydrogen-bond donors (Lipinski definition) is 1. The molecule has 1 aromatic carbocycles. The second kappa shape index (κ2) is 4.74. The summed E-state index contributed by atoms with van der Waals surface area (Å²) in [6.07, 6.45) is 0. The van der Waals surface area contributed by atoms with Gasteiger partial charge in [0.2, 0.25) is 0 Å². The van der Waals surface area contributed by atoms with E-state index in [1.807, 2.05) is 0 Å². The van der Waals surface area contributed by atoms with Crippen LogP contribution in [0.25, 0.3) is 0 Å². The standard InChI is InChI=1S/C7H7O2.Na/c8-5-6-3-1-2-4-7(6)9;/h1-4,9H,5H2;/q-1;+1. The van der Waals surface area contributed by atoms with E-state index in [0.717, 1.165) is 0 Å². The predicted molar refractivity (Wildman–Crippen MR) is 31.8 cm³/mol. The summed E-state index contributed by atoms with van der Waals surface area (Å²) in [6, 6.07) is 6.54. The van der Waals surface area contributed by atoms with E-state index in [9.17, 15) is 5.11 Å². The zero-order valence-electron chi connectivity index (χ0n) is 5.87. The first-order chi connectivity index (χ1) is 4.34. The molecule has 0 aromatic heterocycles. The van der Waals surface area contributed by atoms with Gasteiger partial charge in [-0.15, -0.1) is 6.61 Å². The van der Waals surface area contributed by atoms with Crippen molar-refractivity contribution < 1.29 is 39.8 Å². The summed E-state index contributed by atoms with van der Waals surface area (Å²) < 4.78 is 0.